The van der Waals surface area contributed by atoms with Gasteiger partial charge in [-0.3, -0.25) is 0 Å². The van der Waals surface area contributed by atoms with Gasteiger partial charge in [0.25, 0.3) is 0 Å². The zero-order valence-corrected chi connectivity index (χ0v) is 12.4. The van der Waals surface area contributed by atoms with E-state index < -0.39 is 5.54 Å². The van der Waals surface area contributed by atoms with Gasteiger partial charge in [-0.2, -0.15) is 0 Å². The summed E-state index contributed by atoms with van der Waals surface area (Å²) in [4.78, 5) is 12.0. The molecular weight excluding hydrogens is 238 g/mol. The third-order valence-corrected chi connectivity index (χ3v) is 3.42. The van der Waals surface area contributed by atoms with Gasteiger partial charge in [0.05, 0.1) is 5.54 Å². The molecule has 0 aliphatic heterocycles. The molecule has 4 N–H and O–H groups in total. The maximum Gasteiger partial charge on any atom is 0.315 e. The van der Waals surface area contributed by atoms with Gasteiger partial charge in [-0.15, -0.1) is 0 Å². The third-order valence-electron chi connectivity index (χ3n) is 3.42. The molecule has 1 unspecified atom stereocenters. The van der Waals surface area contributed by atoms with Crippen molar-refractivity contribution in [2.24, 2.45) is 5.92 Å². The average Bonchev–Trinajstić information content (AvgIpc) is 2.28. The first-order valence-electron chi connectivity index (χ1n) is 6.67. The Balaban J connectivity index is 2.68. The van der Waals surface area contributed by atoms with Crippen LogP contribution < -0.4 is 16.4 Å². The lowest BCUT2D eigenvalue weighted by Crippen LogP contribution is -2.49. The van der Waals surface area contributed by atoms with Crippen LogP contribution >= 0.6 is 0 Å². The van der Waals surface area contributed by atoms with Gasteiger partial charge in [-0.05, 0) is 44.4 Å². The maximum absolute atomic E-state index is 12.0. The molecule has 2 amide bonds. The molecule has 0 aromatic heterocycles. The van der Waals surface area contributed by atoms with Crippen LogP contribution in [0.2, 0.25) is 0 Å². The monoisotopic (exact) mass is 263 g/mol. The lowest BCUT2D eigenvalue weighted by molar-refractivity contribution is 0.223. The van der Waals surface area contributed by atoms with Crippen molar-refractivity contribution in [1.29, 1.82) is 0 Å². The van der Waals surface area contributed by atoms with Crippen LogP contribution in [0.4, 0.5) is 10.5 Å². The van der Waals surface area contributed by atoms with Gasteiger partial charge in [0, 0.05) is 11.7 Å². The summed E-state index contributed by atoms with van der Waals surface area (Å²) in [5, 5.41) is 5.93. The molecule has 1 atom stereocenters. The summed E-state index contributed by atoms with van der Waals surface area (Å²) >= 11 is 0. The van der Waals surface area contributed by atoms with Gasteiger partial charge in [-0.25, -0.2) is 4.79 Å². The number of nitrogens with one attached hydrogen (secondary N) is 2. The van der Waals surface area contributed by atoms with Crippen molar-refractivity contribution in [3.63, 3.8) is 0 Å². The van der Waals surface area contributed by atoms with Crippen LogP contribution in [0.1, 0.15) is 40.2 Å². The predicted molar refractivity (Wildman–Crippen MR) is 79.8 cm³/mol. The Hall–Kier alpha value is -1.71. The number of amides is 2. The standard InChI is InChI=1S/C15H25N3O/c1-10(2)11(3)17-14(19)18-15(4,5)12-6-8-13(16)9-7-12/h6-11H,16H2,1-5H3,(H2,17,18,19). The molecule has 4 heteroatoms. The molecule has 1 aromatic rings. The largest absolute Gasteiger partial charge is 0.399 e. The van der Waals surface area contributed by atoms with E-state index in [4.69, 9.17) is 5.73 Å². The first-order valence-corrected chi connectivity index (χ1v) is 6.67. The zero-order valence-electron chi connectivity index (χ0n) is 12.4. The van der Waals surface area contributed by atoms with Gasteiger partial charge in [0.2, 0.25) is 0 Å². The number of urea groups is 1. The number of hydrogen-bond donors (Lipinski definition) is 3. The van der Waals surface area contributed by atoms with Gasteiger partial charge in [0.1, 0.15) is 0 Å². The Morgan fingerprint density at radius 1 is 1.16 bits per heavy atom. The molecule has 0 fully saturated rings. The van der Waals surface area contributed by atoms with Crippen molar-refractivity contribution >= 4 is 11.7 Å². The molecule has 0 spiro atoms. The molecule has 1 aromatic carbocycles. The molecule has 0 bridgehead atoms. The van der Waals surface area contributed by atoms with Crippen LogP contribution in [0, 0.1) is 5.92 Å². The molecule has 0 heterocycles. The van der Waals surface area contributed by atoms with E-state index in [9.17, 15) is 4.79 Å². The highest BCUT2D eigenvalue weighted by Gasteiger charge is 2.23. The van der Waals surface area contributed by atoms with E-state index in [1.807, 2.05) is 45.0 Å². The van der Waals surface area contributed by atoms with Crippen molar-refractivity contribution in [3.8, 4) is 0 Å². The van der Waals surface area contributed by atoms with Crippen molar-refractivity contribution in [2.75, 3.05) is 5.73 Å². The van der Waals surface area contributed by atoms with Crippen LogP contribution in [0.3, 0.4) is 0 Å². The third kappa shape index (κ3) is 4.47. The van der Waals surface area contributed by atoms with E-state index in [0.717, 1.165) is 11.3 Å². The van der Waals surface area contributed by atoms with E-state index >= 15 is 0 Å². The van der Waals surface area contributed by atoms with Crippen LogP contribution in [-0.4, -0.2) is 12.1 Å². The van der Waals surface area contributed by atoms with E-state index in [1.165, 1.54) is 0 Å². The number of anilines is 1. The summed E-state index contributed by atoms with van der Waals surface area (Å²) in [6.07, 6.45) is 0. The van der Waals surface area contributed by atoms with E-state index in [2.05, 4.69) is 24.5 Å². The normalized spacial score (nSPS) is 13.2. The number of hydrogen-bond acceptors (Lipinski definition) is 2. The SMILES string of the molecule is CC(C)C(C)NC(=O)NC(C)(C)c1ccc(N)cc1. The second-order valence-corrected chi connectivity index (χ2v) is 5.88. The Morgan fingerprint density at radius 3 is 2.16 bits per heavy atom. The minimum Gasteiger partial charge on any atom is -0.399 e. The molecular formula is C15H25N3O. The average molecular weight is 263 g/mol. The molecule has 0 saturated heterocycles. The Morgan fingerprint density at radius 2 is 1.68 bits per heavy atom. The highest BCUT2D eigenvalue weighted by molar-refractivity contribution is 5.75. The fraction of sp³-hybridized carbons (Fsp3) is 0.533. The number of rotatable bonds is 4. The fourth-order valence-corrected chi connectivity index (χ4v) is 1.67. The molecule has 1 rings (SSSR count). The molecule has 0 aliphatic rings. The smallest absolute Gasteiger partial charge is 0.315 e. The van der Waals surface area contributed by atoms with Gasteiger partial charge in [-0.1, -0.05) is 26.0 Å². The summed E-state index contributed by atoms with van der Waals surface area (Å²) in [5.41, 5.74) is 6.98. The Bertz CT molecular complexity index is 424. The molecule has 0 aliphatic carbocycles. The maximum atomic E-state index is 12.0. The molecule has 0 radical (unpaired) electrons. The number of carbonyl (C=O) groups excluding carboxylic acids is 1. The second-order valence-electron chi connectivity index (χ2n) is 5.88. The van der Waals surface area contributed by atoms with Gasteiger partial charge in [0.15, 0.2) is 0 Å². The molecule has 19 heavy (non-hydrogen) atoms. The van der Waals surface area contributed by atoms with Crippen molar-refractivity contribution in [3.05, 3.63) is 29.8 Å². The first-order chi connectivity index (χ1) is 8.72. The molecule has 106 valence electrons. The van der Waals surface area contributed by atoms with Crippen LogP contribution in [0.15, 0.2) is 24.3 Å². The van der Waals surface area contributed by atoms with Crippen LogP contribution in [-0.2, 0) is 5.54 Å². The summed E-state index contributed by atoms with van der Waals surface area (Å²) in [6.45, 7) is 10.1. The molecule has 4 nitrogen and oxygen atoms in total. The minimum atomic E-state index is -0.436. The number of nitrogen functional groups attached to an aromatic ring is 1. The summed E-state index contributed by atoms with van der Waals surface area (Å²) in [5.74, 6) is 0.408. The van der Waals surface area contributed by atoms with Crippen molar-refractivity contribution in [1.82, 2.24) is 10.6 Å². The highest BCUT2D eigenvalue weighted by Crippen LogP contribution is 2.20. The summed E-state index contributed by atoms with van der Waals surface area (Å²) in [7, 11) is 0. The van der Waals surface area contributed by atoms with Gasteiger partial charge < -0.3 is 16.4 Å². The number of nitrogens with two attached hydrogens (primary N) is 1. The van der Waals surface area contributed by atoms with E-state index in [-0.39, 0.29) is 12.1 Å². The first kappa shape index (κ1) is 15.3. The van der Waals surface area contributed by atoms with Crippen molar-refractivity contribution < 1.29 is 4.79 Å². The van der Waals surface area contributed by atoms with Crippen LogP contribution in [0.5, 0.6) is 0 Å². The predicted octanol–water partition coefficient (Wildman–Crippen LogP) is 2.85. The van der Waals surface area contributed by atoms with Crippen molar-refractivity contribution in [2.45, 2.75) is 46.2 Å². The topological polar surface area (TPSA) is 67.2 Å². The summed E-state index contributed by atoms with van der Waals surface area (Å²) < 4.78 is 0. The van der Waals surface area contributed by atoms with Crippen LogP contribution in [0.25, 0.3) is 0 Å². The Kier molecular flexibility index (Phi) is 4.81. The second kappa shape index (κ2) is 5.95. The van der Waals surface area contributed by atoms with Gasteiger partial charge >= 0.3 is 6.03 Å². The summed E-state index contributed by atoms with van der Waals surface area (Å²) in [6, 6.07) is 7.54. The van der Waals surface area contributed by atoms with E-state index in [1.54, 1.807) is 0 Å². The zero-order chi connectivity index (χ0) is 14.6. The number of carbonyl (C=O) groups is 1. The lowest BCUT2D eigenvalue weighted by atomic mass is 9.94. The fourth-order valence-electron chi connectivity index (χ4n) is 1.67. The van der Waals surface area contributed by atoms with E-state index in [0.29, 0.717) is 5.92 Å². The minimum absolute atomic E-state index is 0.141. The highest BCUT2D eigenvalue weighted by atomic mass is 16.2. The Labute approximate surface area is 115 Å². The lowest BCUT2D eigenvalue weighted by Gasteiger charge is -2.28. The molecule has 0 saturated carbocycles. The quantitative estimate of drug-likeness (QED) is 0.731. The number of benzene rings is 1.